The Morgan fingerprint density at radius 3 is 2.81 bits per heavy atom. The van der Waals surface area contributed by atoms with Crippen molar-refractivity contribution in [2.45, 2.75) is 50.6 Å². The van der Waals surface area contributed by atoms with Gasteiger partial charge in [0.15, 0.2) is 6.23 Å². The topological polar surface area (TPSA) is 64.0 Å². The molecule has 3 heterocycles. The van der Waals surface area contributed by atoms with Crippen molar-refractivity contribution in [3.8, 4) is 5.88 Å². The summed E-state index contributed by atoms with van der Waals surface area (Å²) in [5.41, 5.74) is -0.0530. The highest BCUT2D eigenvalue weighted by Crippen LogP contribution is 2.33. The zero-order valence-electron chi connectivity index (χ0n) is 16.7. The predicted octanol–water partition coefficient (Wildman–Crippen LogP) is 4.51. The number of rotatable bonds is 5. The maximum atomic E-state index is 13.2. The zero-order valence-corrected chi connectivity index (χ0v) is 16.7. The molecular weight excluding hydrogens is 411 g/mol. The minimum absolute atomic E-state index is 0.0173. The summed E-state index contributed by atoms with van der Waals surface area (Å²) in [5.74, 6) is -0.491. The number of benzene rings is 1. The van der Waals surface area contributed by atoms with Gasteiger partial charge in [-0.3, -0.25) is 4.79 Å². The molecule has 164 valence electrons. The molecule has 4 rings (SSSR count). The van der Waals surface area contributed by atoms with Crippen molar-refractivity contribution >= 4 is 12.1 Å². The van der Waals surface area contributed by atoms with E-state index in [-0.39, 0.29) is 30.2 Å². The molecule has 1 fully saturated rings. The lowest BCUT2D eigenvalue weighted by Gasteiger charge is -2.34. The first kappa shape index (κ1) is 21.3. The Hall–Kier alpha value is -2.94. The minimum Gasteiger partial charge on any atom is -0.473 e. The van der Waals surface area contributed by atoms with Crippen molar-refractivity contribution in [3.63, 3.8) is 0 Å². The highest BCUT2D eigenvalue weighted by atomic mass is 19.4. The van der Waals surface area contributed by atoms with Crippen LogP contribution in [0.3, 0.4) is 0 Å². The van der Waals surface area contributed by atoms with Crippen LogP contribution in [0.1, 0.15) is 48.3 Å². The molecule has 0 aliphatic carbocycles. The molecule has 9 heteroatoms. The van der Waals surface area contributed by atoms with Crippen LogP contribution in [0, 0.1) is 0 Å². The maximum Gasteiger partial charge on any atom is 0.416 e. The van der Waals surface area contributed by atoms with E-state index in [1.807, 2.05) is 0 Å². The summed E-state index contributed by atoms with van der Waals surface area (Å²) >= 11 is 0. The Morgan fingerprint density at radius 2 is 2.03 bits per heavy atom. The van der Waals surface area contributed by atoms with Crippen LogP contribution in [0.25, 0.3) is 0 Å². The Morgan fingerprint density at radius 1 is 1.19 bits per heavy atom. The second-order valence-corrected chi connectivity index (χ2v) is 7.46. The summed E-state index contributed by atoms with van der Waals surface area (Å²) in [7, 11) is 0. The molecule has 6 nitrogen and oxygen atoms in total. The van der Waals surface area contributed by atoms with E-state index >= 15 is 0 Å². The number of hydrazone groups is 1. The van der Waals surface area contributed by atoms with Crippen LogP contribution in [0.5, 0.6) is 5.88 Å². The summed E-state index contributed by atoms with van der Waals surface area (Å²) in [6, 6.07) is 8.55. The van der Waals surface area contributed by atoms with Gasteiger partial charge in [-0.25, -0.2) is 9.99 Å². The molecular formula is C22H22F3N3O3. The van der Waals surface area contributed by atoms with Gasteiger partial charge < -0.3 is 9.47 Å². The second kappa shape index (κ2) is 9.05. The van der Waals surface area contributed by atoms with Crippen LogP contribution in [0.15, 0.2) is 47.7 Å². The van der Waals surface area contributed by atoms with Gasteiger partial charge in [-0.1, -0.05) is 18.2 Å². The Labute approximate surface area is 177 Å². The zero-order chi connectivity index (χ0) is 21.8. The SMILES string of the molecule is O=C1C(c2ccnc(OCc3ccccc3C(F)(F)F)c2)CC=NN1C1CCCCO1. The molecule has 2 aliphatic heterocycles. The normalized spacial score (nSPS) is 21.9. The van der Waals surface area contributed by atoms with Gasteiger partial charge in [-0.2, -0.15) is 18.3 Å². The number of pyridine rings is 1. The van der Waals surface area contributed by atoms with Gasteiger partial charge in [0.25, 0.3) is 5.91 Å². The van der Waals surface area contributed by atoms with E-state index < -0.39 is 17.7 Å². The number of halogens is 3. The van der Waals surface area contributed by atoms with Gasteiger partial charge in [0, 0.05) is 37.1 Å². The number of amides is 1. The highest BCUT2D eigenvalue weighted by Gasteiger charge is 2.35. The number of hydrogen-bond acceptors (Lipinski definition) is 5. The molecule has 1 amide bonds. The van der Waals surface area contributed by atoms with Crippen LogP contribution in [-0.2, 0) is 22.3 Å². The van der Waals surface area contributed by atoms with Crippen molar-refractivity contribution in [2.24, 2.45) is 5.10 Å². The van der Waals surface area contributed by atoms with Gasteiger partial charge >= 0.3 is 6.18 Å². The molecule has 1 aromatic heterocycles. The molecule has 0 saturated carbocycles. The van der Waals surface area contributed by atoms with E-state index in [0.717, 1.165) is 25.3 Å². The van der Waals surface area contributed by atoms with E-state index in [0.29, 0.717) is 18.6 Å². The summed E-state index contributed by atoms with van der Waals surface area (Å²) in [6.07, 6.45) is 1.44. The van der Waals surface area contributed by atoms with Crippen molar-refractivity contribution in [3.05, 3.63) is 59.3 Å². The third-order valence-corrected chi connectivity index (χ3v) is 5.36. The largest absolute Gasteiger partial charge is 0.473 e. The van der Waals surface area contributed by atoms with Crippen LogP contribution in [0.2, 0.25) is 0 Å². The lowest BCUT2D eigenvalue weighted by atomic mass is 9.94. The van der Waals surface area contributed by atoms with Crippen molar-refractivity contribution in [2.75, 3.05) is 6.61 Å². The van der Waals surface area contributed by atoms with Gasteiger partial charge in [0.1, 0.15) is 6.61 Å². The van der Waals surface area contributed by atoms with E-state index in [9.17, 15) is 18.0 Å². The van der Waals surface area contributed by atoms with Crippen LogP contribution < -0.4 is 4.74 Å². The molecule has 0 spiro atoms. The van der Waals surface area contributed by atoms with Crippen LogP contribution in [0.4, 0.5) is 13.2 Å². The third-order valence-electron chi connectivity index (χ3n) is 5.36. The number of nitrogens with zero attached hydrogens (tertiary/aromatic N) is 3. The van der Waals surface area contributed by atoms with Crippen molar-refractivity contribution < 1.29 is 27.4 Å². The number of ether oxygens (including phenoxy) is 2. The van der Waals surface area contributed by atoms with E-state index in [4.69, 9.17) is 9.47 Å². The Balaban J connectivity index is 1.48. The molecule has 2 aromatic rings. The van der Waals surface area contributed by atoms with Gasteiger partial charge in [0.05, 0.1) is 11.5 Å². The fraction of sp³-hybridized carbons (Fsp3) is 0.409. The van der Waals surface area contributed by atoms with Gasteiger partial charge in [-0.05, 0) is 37.0 Å². The van der Waals surface area contributed by atoms with Crippen LogP contribution in [-0.4, -0.2) is 34.9 Å². The lowest BCUT2D eigenvalue weighted by molar-refractivity contribution is -0.153. The first-order chi connectivity index (χ1) is 14.9. The first-order valence-electron chi connectivity index (χ1n) is 10.1. The van der Waals surface area contributed by atoms with Gasteiger partial charge in [0.2, 0.25) is 5.88 Å². The average Bonchev–Trinajstić information content (AvgIpc) is 2.78. The first-order valence-corrected chi connectivity index (χ1v) is 10.1. The van der Waals surface area contributed by atoms with Gasteiger partial charge in [-0.15, -0.1) is 0 Å². The molecule has 2 unspecified atom stereocenters. The number of alkyl halides is 3. The average molecular weight is 433 g/mol. The summed E-state index contributed by atoms with van der Waals surface area (Å²) in [6.45, 7) is 0.315. The third kappa shape index (κ3) is 4.87. The molecule has 0 radical (unpaired) electrons. The summed E-state index contributed by atoms with van der Waals surface area (Å²) < 4.78 is 50.8. The molecule has 2 atom stereocenters. The van der Waals surface area contributed by atoms with Crippen molar-refractivity contribution in [1.82, 2.24) is 9.99 Å². The molecule has 2 aliphatic rings. The monoisotopic (exact) mass is 433 g/mol. The molecule has 31 heavy (non-hydrogen) atoms. The second-order valence-electron chi connectivity index (χ2n) is 7.46. The Kier molecular flexibility index (Phi) is 6.22. The smallest absolute Gasteiger partial charge is 0.416 e. The molecule has 0 N–H and O–H groups in total. The fourth-order valence-corrected chi connectivity index (χ4v) is 3.76. The maximum absolute atomic E-state index is 13.2. The van der Waals surface area contributed by atoms with E-state index in [2.05, 4.69) is 10.1 Å². The number of carbonyl (C=O) groups excluding carboxylic acids is 1. The summed E-state index contributed by atoms with van der Waals surface area (Å²) in [5, 5.41) is 5.62. The fourth-order valence-electron chi connectivity index (χ4n) is 3.76. The molecule has 1 aromatic carbocycles. The standard InChI is InChI=1S/C22H22F3N3O3/c23-22(24,25)18-6-2-1-5-16(18)14-31-19-13-15(8-10-26-19)17-9-11-27-28(21(17)29)20-7-3-4-12-30-20/h1-2,5-6,8,10-11,13,17,20H,3-4,7,9,12,14H2. The minimum atomic E-state index is -4.46. The quantitative estimate of drug-likeness (QED) is 0.696. The number of carbonyl (C=O) groups is 1. The number of aromatic nitrogens is 1. The highest BCUT2D eigenvalue weighted by molar-refractivity contribution is 5.89. The lowest BCUT2D eigenvalue weighted by Crippen LogP contribution is -2.44. The van der Waals surface area contributed by atoms with E-state index in [1.165, 1.54) is 29.4 Å². The molecule has 1 saturated heterocycles. The Bertz CT molecular complexity index is 958. The predicted molar refractivity (Wildman–Crippen MR) is 106 cm³/mol. The number of hydrogen-bond donors (Lipinski definition) is 0. The summed E-state index contributed by atoms with van der Waals surface area (Å²) in [4.78, 5) is 17.1. The van der Waals surface area contributed by atoms with Crippen LogP contribution >= 0.6 is 0 Å². The molecule has 0 bridgehead atoms. The van der Waals surface area contributed by atoms with E-state index in [1.54, 1.807) is 18.3 Å². The van der Waals surface area contributed by atoms with Crippen molar-refractivity contribution in [1.29, 1.82) is 0 Å².